The van der Waals surface area contributed by atoms with Gasteiger partial charge in [-0.1, -0.05) is 47.6 Å². The molecule has 0 radical (unpaired) electrons. The summed E-state index contributed by atoms with van der Waals surface area (Å²) in [5.41, 5.74) is 4.23. The van der Waals surface area contributed by atoms with Crippen LogP contribution in [-0.2, 0) is 25.6 Å². The smallest absolute Gasteiger partial charge is 0.257 e. The third-order valence-electron chi connectivity index (χ3n) is 4.96. The molecule has 1 aromatic heterocycles. The Morgan fingerprint density at radius 1 is 1.07 bits per heavy atom. The highest BCUT2D eigenvalue weighted by molar-refractivity contribution is 7.98. The van der Waals surface area contributed by atoms with Crippen LogP contribution in [-0.4, -0.2) is 15.3 Å². The van der Waals surface area contributed by atoms with E-state index >= 15 is 0 Å². The predicted molar refractivity (Wildman–Crippen MR) is 112 cm³/mol. The molecule has 6 heteroatoms. The number of carbonyl (C=O) groups is 1. The van der Waals surface area contributed by atoms with Gasteiger partial charge in [-0.15, -0.1) is 0 Å². The number of hydrogen-bond donors (Lipinski definition) is 0. The first-order chi connectivity index (χ1) is 13.5. The molecular formula is C22H19ClN2O2S. The zero-order valence-electron chi connectivity index (χ0n) is 15.4. The summed E-state index contributed by atoms with van der Waals surface area (Å²) in [7, 11) is 1.78. The van der Waals surface area contributed by atoms with Gasteiger partial charge in [0.05, 0.1) is 5.69 Å². The van der Waals surface area contributed by atoms with Crippen molar-refractivity contribution in [3.63, 3.8) is 0 Å². The molecule has 28 heavy (non-hydrogen) atoms. The van der Waals surface area contributed by atoms with Gasteiger partial charge in [0.2, 0.25) is 0 Å². The Morgan fingerprint density at radius 3 is 2.39 bits per heavy atom. The van der Waals surface area contributed by atoms with Crippen LogP contribution in [0.3, 0.4) is 0 Å². The summed E-state index contributed by atoms with van der Waals surface area (Å²) < 4.78 is 1.65. The number of thioether (sulfide) groups is 1. The average molecular weight is 411 g/mol. The van der Waals surface area contributed by atoms with E-state index in [0.717, 1.165) is 41.2 Å². The molecule has 1 aliphatic carbocycles. The number of halogens is 1. The molecule has 0 aliphatic heterocycles. The average Bonchev–Trinajstić information content (AvgIpc) is 3.19. The van der Waals surface area contributed by atoms with Gasteiger partial charge >= 0.3 is 0 Å². The fourth-order valence-corrected chi connectivity index (χ4v) is 4.42. The second-order valence-corrected chi connectivity index (χ2v) is 8.24. The van der Waals surface area contributed by atoms with Crippen LogP contribution in [0.15, 0.2) is 58.5 Å². The minimum atomic E-state index is -0.0291. The summed E-state index contributed by atoms with van der Waals surface area (Å²) in [6.07, 6.45) is 2.73. The van der Waals surface area contributed by atoms with Crippen molar-refractivity contribution in [2.45, 2.75) is 30.2 Å². The van der Waals surface area contributed by atoms with E-state index in [2.05, 4.69) is 4.98 Å². The molecule has 142 valence electrons. The normalized spacial score (nSPS) is 12.8. The molecule has 0 amide bonds. The van der Waals surface area contributed by atoms with Crippen molar-refractivity contribution in [2.24, 2.45) is 7.05 Å². The van der Waals surface area contributed by atoms with Gasteiger partial charge in [-0.3, -0.25) is 14.2 Å². The number of aryl methyl sites for hydroxylation is 1. The van der Waals surface area contributed by atoms with E-state index in [1.165, 1.54) is 0 Å². The lowest BCUT2D eigenvalue weighted by atomic mass is 10.0. The van der Waals surface area contributed by atoms with Crippen LogP contribution in [0.4, 0.5) is 0 Å². The lowest BCUT2D eigenvalue weighted by Crippen LogP contribution is -2.24. The van der Waals surface area contributed by atoms with Crippen molar-refractivity contribution in [1.82, 2.24) is 9.55 Å². The van der Waals surface area contributed by atoms with Crippen molar-refractivity contribution < 1.29 is 4.79 Å². The minimum Gasteiger partial charge on any atom is -0.291 e. The molecule has 0 atom stereocenters. The molecular weight excluding hydrogens is 392 g/mol. The predicted octanol–water partition coefficient (Wildman–Crippen LogP) is 4.45. The number of hydrogen-bond acceptors (Lipinski definition) is 4. The molecule has 1 heterocycles. The molecule has 0 fully saturated rings. The van der Waals surface area contributed by atoms with Gasteiger partial charge in [0.1, 0.15) is 0 Å². The summed E-state index contributed by atoms with van der Waals surface area (Å²) in [6.45, 7) is 0. The first kappa shape index (κ1) is 19.0. The Kier molecular flexibility index (Phi) is 5.38. The summed E-state index contributed by atoms with van der Waals surface area (Å²) in [6, 6.07) is 14.5. The van der Waals surface area contributed by atoms with Crippen molar-refractivity contribution in [2.75, 3.05) is 0 Å². The molecule has 0 saturated carbocycles. The number of benzene rings is 2. The maximum atomic E-state index is 12.5. The highest BCUT2D eigenvalue weighted by Gasteiger charge is 2.19. The quantitative estimate of drug-likeness (QED) is 0.354. The summed E-state index contributed by atoms with van der Waals surface area (Å²) >= 11 is 7.43. The zero-order chi connectivity index (χ0) is 19.7. The van der Waals surface area contributed by atoms with Gasteiger partial charge in [-0.25, -0.2) is 4.98 Å². The number of aromatic nitrogens is 2. The van der Waals surface area contributed by atoms with E-state index < -0.39 is 0 Å². The standard InChI is InChI=1S/C22H19ClN2O2S/c1-25-21(27)18-3-2-4-19(18)24-22(25)28-13-14-5-7-15(8-6-14)20(26)16-9-11-17(23)12-10-16/h5-12H,2-4,13H2,1H3. The Labute approximate surface area is 172 Å². The first-order valence-corrected chi connectivity index (χ1v) is 10.5. The Bertz CT molecular complexity index is 1090. The molecule has 0 bridgehead atoms. The van der Waals surface area contributed by atoms with Crippen LogP contribution >= 0.6 is 23.4 Å². The van der Waals surface area contributed by atoms with Crippen LogP contribution in [0, 0.1) is 0 Å². The van der Waals surface area contributed by atoms with Gasteiger partial charge in [-0.2, -0.15) is 0 Å². The number of rotatable bonds is 5. The van der Waals surface area contributed by atoms with Crippen molar-refractivity contribution in [3.05, 3.63) is 91.9 Å². The van der Waals surface area contributed by atoms with Crippen molar-refractivity contribution >= 4 is 29.1 Å². The summed E-state index contributed by atoms with van der Waals surface area (Å²) in [4.78, 5) is 29.7. The summed E-state index contributed by atoms with van der Waals surface area (Å²) in [5.74, 6) is 0.660. The second-order valence-electron chi connectivity index (χ2n) is 6.86. The minimum absolute atomic E-state index is 0.0291. The van der Waals surface area contributed by atoms with E-state index in [9.17, 15) is 9.59 Å². The van der Waals surface area contributed by atoms with Crippen LogP contribution in [0.25, 0.3) is 0 Å². The lowest BCUT2D eigenvalue weighted by Gasteiger charge is -2.10. The van der Waals surface area contributed by atoms with E-state index in [1.807, 2.05) is 24.3 Å². The fourth-order valence-electron chi connectivity index (χ4n) is 3.36. The maximum Gasteiger partial charge on any atom is 0.257 e. The van der Waals surface area contributed by atoms with E-state index in [1.54, 1.807) is 47.6 Å². The third kappa shape index (κ3) is 3.77. The Balaban J connectivity index is 1.47. The van der Waals surface area contributed by atoms with Crippen molar-refractivity contribution in [3.8, 4) is 0 Å². The van der Waals surface area contributed by atoms with Gasteiger partial charge in [-0.05, 0) is 49.1 Å². The number of carbonyl (C=O) groups excluding carboxylic acids is 1. The summed E-state index contributed by atoms with van der Waals surface area (Å²) in [5, 5.41) is 1.35. The van der Waals surface area contributed by atoms with Crippen LogP contribution in [0.2, 0.25) is 5.02 Å². The molecule has 0 N–H and O–H groups in total. The fraction of sp³-hybridized carbons (Fsp3) is 0.227. The van der Waals surface area contributed by atoms with Gasteiger partial charge in [0.25, 0.3) is 5.56 Å². The van der Waals surface area contributed by atoms with Gasteiger partial charge in [0, 0.05) is 34.5 Å². The third-order valence-corrected chi connectivity index (χ3v) is 6.31. The monoisotopic (exact) mass is 410 g/mol. The number of fused-ring (bicyclic) bond motifs is 1. The van der Waals surface area contributed by atoms with E-state index in [-0.39, 0.29) is 11.3 Å². The molecule has 3 aromatic rings. The molecule has 1 aliphatic rings. The molecule has 0 saturated heterocycles. The molecule has 0 unspecified atom stereocenters. The molecule has 0 spiro atoms. The maximum absolute atomic E-state index is 12.5. The molecule has 4 rings (SSSR count). The highest BCUT2D eigenvalue weighted by Crippen LogP contribution is 2.24. The number of ketones is 1. The van der Waals surface area contributed by atoms with Gasteiger partial charge in [0.15, 0.2) is 10.9 Å². The largest absolute Gasteiger partial charge is 0.291 e. The van der Waals surface area contributed by atoms with Gasteiger partial charge < -0.3 is 0 Å². The molecule has 2 aromatic carbocycles. The lowest BCUT2D eigenvalue weighted by molar-refractivity contribution is 0.103. The van der Waals surface area contributed by atoms with E-state index in [4.69, 9.17) is 11.6 Å². The second kappa shape index (κ2) is 7.94. The van der Waals surface area contributed by atoms with Crippen LogP contribution in [0.1, 0.15) is 39.2 Å². The SMILES string of the molecule is Cn1c(SCc2ccc(C(=O)c3ccc(Cl)cc3)cc2)nc2c(c1=O)CCC2. The first-order valence-electron chi connectivity index (χ1n) is 9.14. The number of nitrogens with zero attached hydrogens (tertiary/aromatic N) is 2. The topological polar surface area (TPSA) is 52.0 Å². The highest BCUT2D eigenvalue weighted by atomic mass is 35.5. The van der Waals surface area contributed by atoms with Crippen molar-refractivity contribution in [1.29, 1.82) is 0 Å². The Hall–Kier alpha value is -2.37. The van der Waals surface area contributed by atoms with Crippen LogP contribution in [0.5, 0.6) is 0 Å². The molecule has 4 nitrogen and oxygen atoms in total. The van der Waals surface area contributed by atoms with E-state index in [0.29, 0.717) is 21.9 Å². The zero-order valence-corrected chi connectivity index (χ0v) is 17.0. The Morgan fingerprint density at radius 2 is 1.71 bits per heavy atom. The van der Waals surface area contributed by atoms with Crippen LogP contribution < -0.4 is 5.56 Å².